The van der Waals surface area contributed by atoms with Gasteiger partial charge in [-0.05, 0) is 43.7 Å². The first kappa shape index (κ1) is 13.4. The van der Waals surface area contributed by atoms with Gasteiger partial charge < -0.3 is 5.32 Å². The summed E-state index contributed by atoms with van der Waals surface area (Å²) < 4.78 is 0. The van der Waals surface area contributed by atoms with Gasteiger partial charge in [0.2, 0.25) is 5.91 Å². The molecule has 2 atom stereocenters. The average molecular weight is 266 g/mol. The lowest BCUT2D eigenvalue weighted by Crippen LogP contribution is -2.32. The third kappa shape index (κ3) is 3.26. The number of amides is 1. The highest BCUT2D eigenvalue weighted by atomic mass is 35.5. The Balaban J connectivity index is 1.99. The molecule has 0 bridgehead atoms. The second-order valence-electron chi connectivity index (χ2n) is 5.00. The van der Waals surface area contributed by atoms with Gasteiger partial charge in [0.1, 0.15) is 0 Å². The molecular formula is C15H20ClNO. The van der Waals surface area contributed by atoms with E-state index in [-0.39, 0.29) is 17.2 Å². The lowest BCUT2D eigenvalue weighted by atomic mass is 9.82. The van der Waals surface area contributed by atoms with Crippen LogP contribution in [0.15, 0.2) is 24.3 Å². The number of fused-ring (bicyclic) bond motifs is 1. The molecule has 0 saturated heterocycles. The summed E-state index contributed by atoms with van der Waals surface area (Å²) in [6.45, 7) is 2.62. The van der Waals surface area contributed by atoms with Crippen LogP contribution in [0, 0.1) is 0 Å². The van der Waals surface area contributed by atoms with Crippen LogP contribution in [-0.4, -0.2) is 17.8 Å². The third-order valence-electron chi connectivity index (χ3n) is 3.53. The zero-order valence-electron chi connectivity index (χ0n) is 10.8. The molecule has 98 valence electrons. The minimum atomic E-state index is 0.0283. The Morgan fingerprint density at radius 3 is 3.06 bits per heavy atom. The first-order valence-electron chi connectivity index (χ1n) is 6.68. The predicted octanol–water partition coefficient (Wildman–Crippen LogP) is 3.24. The number of hydrogen-bond donors (Lipinski definition) is 1. The van der Waals surface area contributed by atoms with Crippen molar-refractivity contribution < 1.29 is 4.79 Å². The molecule has 2 rings (SSSR count). The van der Waals surface area contributed by atoms with Gasteiger partial charge in [-0.15, -0.1) is 11.6 Å². The van der Waals surface area contributed by atoms with Gasteiger partial charge in [0.05, 0.1) is 5.92 Å². The second kappa shape index (κ2) is 6.24. The largest absolute Gasteiger partial charge is 0.356 e. The maximum Gasteiger partial charge on any atom is 0.227 e. The maximum absolute atomic E-state index is 12.2. The summed E-state index contributed by atoms with van der Waals surface area (Å²) in [6, 6.07) is 8.29. The first-order valence-corrected chi connectivity index (χ1v) is 7.11. The summed E-state index contributed by atoms with van der Waals surface area (Å²) in [4.78, 5) is 12.2. The fraction of sp³-hybridized carbons (Fsp3) is 0.533. The van der Waals surface area contributed by atoms with E-state index < -0.39 is 0 Å². The molecule has 0 fully saturated rings. The van der Waals surface area contributed by atoms with Crippen molar-refractivity contribution in [3.05, 3.63) is 35.4 Å². The van der Waals surface area contributed by atoms with E-state index in [2.05, 4.69) is 17.4 Å². The highest BCUT2D eigenvalue weighted by molar-refractivity contribution is 6.20. The van der Waals surface area contributed by atoms with Gasteiger partial charge in [-0.1, -0.05) is 24.3 Å². The van der Waals surface area contributed by atoms with Gasteiger partial charge in [-0.2, -0.15) is 0 Å². The van der Waals surface area contributed by atoms with Crippen LogP contribution in [0.3, 0.4) is 0 Å². The number of nitrogens with one attached hydrogen (secondary N) is 1. The molecule has 1 amide bonds. The number of halogens is 1. The standard InChI is InChI=1S/C15H20ClNO/c1-11(16)9-10-17-15(18)14-8-4-6-12-5-2-3-7-13(12)14/h2-3,5,7,11,14H,4,6,8-10H2,1H3,(H,17,18). The van der Waals surface area contributed by atoms with Gasteiger partial charge >= 0.3 is 0 Å². The molecule has 1 aromatic carbocycles. The van der Waals surface area contributed by atoms with Crippen LogP contribution in [0.5, 0.6) is 0 Å². The van der Waals surface area contributed by atoms with E-state index in [4.69, 9.17) is 11.6 Å². The van der Waals surface area contributed by atoms with Crippen molar-refractivity contribution >= 4 is 17.5 Å². The molecule has 0 saturated carbocycles. The maximum atomic E-state index is 12.2. The fourth-order valence-corrected chi connectivity index (χ4v) is 2.65. The highest BCUT2D eigenvalue weighted by Gasteiger charge is 2.25. The van der Waals surface area contributed by atoms with Crippen molar-refractivity contribution in [3.63, 3.8) is 0 Å². The Labute approximate surface area is 114 Å². The quantitative estimate of drug-likeness (QED) is 0.832. The van der Waals surface area contributed by atoms with E-state index in [0.717, 1.165) is 25.7 Å². The van der Waals surface area contributed by atoms with Crippen molar-refractivity contribution in [3.8, 4) is 0 Å². The molecule has 3 heteroatoms. The van der Waals surface area contributed by atoms with Crippen LogP contribution in [-0.2, 0) is 11.2 Å². The van der Waals surface area contributed by atoms with Crippen molar-refractivity contribution in [2.75, 3.05) is 6.54 Å². The Kier molecular flexibility index (Phi) is 4.65. The first-order chi connectivity index (χ1) is 8.68. The van der Waals surface area contributed by atoms with Crippen molar-refractivity contribution in [2.45, 2.75) is 43.9 Å². The normalized spacial score (nSPS) is 20.0. The average Bonchev–Trinajstić information content (AvgIpc) is 2.37. The van der Waals surface area contributed by atoms with Gasteiger partial charge in [0.25, 0.3) is 0 Å². The number of aryl methyl sites for hydroxylation is 1. The van der Waals surface area contributed by atoms with E-state index in [0.29, 0.717) is 6.54 Å². The molecule has 0 aliphatic heterocycles. The smallest absolute Gasteiger partial charge is 0.227 e. The van der Waals surface area contributed by atoms with Crippen LogP contribution < -0.4 is 5.32 Å². The molecule has 0 radical (unpaired) electrons. The van der Waals surface area contributed by atoms with E-state index in [1.54, 1.807) is 0 Å². The molecule has 18 heavy (non-hydrogen) atoms. The van der Waals surface area contributed by atoms with Gasteiger partial charge in [-0.25, -0.2) is 0 Å². The van der Waals surface area contributed by atoms with Crippen LogP contribution in [0.25, 0.3) is 0 Å². The molecule has 2 nitrogen and oxygen atoms in total. The van der Waals surface area contributed by atoms with Crippen molar-refractivity contribution in [2.24, 2.45) is 0 Å². The molecule has 1 aliphatic carbocycles. The minimum Gasteiger partial charge on any atom is -0.356 e. The topological polar surface area (TPSA) is 29.1 Å². The second-order valence-corrected chi connectivity index (χ2v) is 5.75. The van der Waals surface area contributed by atoms with E-state index in [1.807, 2.05) is 19.1 Å². The summed E-state index contributed by atoms with van der Waals surface area (Å²) in [5.74, 6) is 0.181. The number of rotatable bonds is 4. The van der Waals surface area contributed by atoms with E-state index in [9.17, 15) is 4.79 Å². The Morgan fingerprint density at radius 2 is 2.28 bits per heavy atom. The molecule has 1 aliphatic rings. The zero-order valence-corrected chi connectivity index (χ0v) is 11.5. The fourth-order valence-electron chi connectivity index (χ4n) is 2.54. The van der Waals surface area contributed by atoms with Gasteiger partial charge in [0, 0.05) is 11.9 Å². The lowest BCUT2D eigenvalue weighted by Gasteiger charge is -2.24. The van der Waals surface area contributed by atoms with Crippen LogP contribution in [0.1, 0.15) is 43.2 Å². The molecule has 0 heterocycles. The van der Waals surface area contributed by atoms with Gasteiger partial charge in [-0.3, -0.25) is 4.79 Å². The Morgan fingerprint density at radius 1 is 1.50 bits per heavy atom. The van der Waals surface area contributed by atoms with Crippen LogP contribution in [0.2, 0.25) is 0 Å². The zero-order chi connectivity index (χ0) is 13.0. The Bertz CT molecular complexity index is 417. The van der Waals surface area contributed by atoms with Crippen molar-refractivity contribution in [1.29, 1.82) is 0 Å². The molecule has 1 N–H and O–H groups in total. The monoisotopic (exact) mass is 265 g/mol. The summed E-state index contributed by atoms with van der Waals surface area (Å²) in [6.07, 6.45) is 3.97. The predicted molar refractivity (Wildman–Crippen MR) is 75.1 cm³/mol. The summed E-state index contributed by atoms with van der Waals surface area (Å²) in [5, 5.41) is 3.12. The van der Waals surface area contributed by atoms with Crippen molar-refractivity contribution in [1.82, 2.24) is 5.32 Å². The number of carbonyl (C=O) groups is 1. The number of benzene rings is 1. The summed E-state index contributed by atoms with van der Waals surface area (Å²) >= 11 is 5.88. The highest BCUT2D eigenvalue weighted by Crippen LogP contribution is 2.31. The van der Waals surface area contributed by atoms with Gasteiger partial charge in [0.15, 0.2) is 0 Å². The van der Waals surface area contributed by atoms with Crippen LogP contribution >= 0.6 is 11.6 Å². The summed E-state index contributed by atoms with van der Waals surface area (Å²) in [7, 11) is 0. The molecule has 2 unspecified atom stereocenters. The number of hydrogen-bond acceptors (Lipinski definition) is 1. The SMILES string of the molecule is CC(Cl)CCNC(=O)C1CCCc2ccccc21. The summed E-state index contributed by atoms with van der Waals surface area (Å²) in [5.41, 5.74) is 2.54. The molecular weight excluding hydrogens is 246 g/mol. The van der Waals surface area contributed by atoms with Crippen LogP contribution in [0.4, 0.5) is 0 Å². The molecule has 0 aromatic heterocycles. The van der Waals surface area contributed by atoms with E-state index >= 15 is 0 Å². The number of alkyl halides is 1. The third-order valence-corrected chi connectivity index (χ3v) is 3.75. The minimum absolute atomic E-state index is 0.0283. The van der Waals surface area contributed by atoms with E-state index in [1.165, 1.54) is 11.1 Å². The molecule has 1 aromatic rings. The number of carbonyl (C=O) groups excluding carboxylic acids is 1. The lowest BCUT2D eigenvalue weighted by molar-refractivity contribution is -0.122. The Hall–Kier alpha value is -1.02. The molecule has 0 spiro atoms.